The van der Waals surface area contributed by atoms with Gasteiger partial charge in [-0.2, -0.15) is 4.31 Å². The zero-order chi connectivity index (χ0) is 20.4. The van der Waals surface area contributed by atoms with Crippen LogP contribution in [0.15, 0.2) is 41.3 Å². The molecule has 7 nitrogen and oxygen atoms in total. The average Bonchev–Trinajstić information content (AvgIpc) is 3.01. The molecular formula is C19H25NO6S. The predicted molar refractivity (Wildman–Crippen MR) is 99.3 cm³/mol. The van der Waals surface area contributed by atoms with Crippen LogP contribution in [0.3, 0.4) is 0 Å². The van der Waals surface area contributed by atoms with E-state index in [9.17, 15) is 18.0 Å². The van der Waals surface area contributed by atoms with E-state index >= 15 is 0 Å². The van der Waals surface area contributed by atoms with Crippen molar-refractivity contribution in [1.29, 1.82) is 0 Å². The first kappa shape index (κ1) is 21.1. The summed E-state index contributed by atoms with van der Waals surface area (Å²) in [6, 6.07) is 5.27. The fourth-order valence-corrected chi connectivity index (χ4v) is 5.08. The third-order valence-electron chi connectivity index (χ3n) is 4.94. The fraction of sp³-hybridized carbons (Fsp3) is 0.474. The van der Waals surface area contributed by atoms with Gasteiger partial charge in [-0.25, -0.2) is 8.42 Å². The monoisotopic (exact) mass is 395 g/mol. The van der Waals surface area contributed by atoms with Gasteiger partial charge in [0, 0.05) is 12.5 Å². The second-order valence-electron chi connectivity index (χ2n) is 6.75. The van der Waals surface area contributed by atoms with Crippen LogP contribution in [0.25, 0.3) is 0 Å². The summed E-state index contributed by atoms with van der Waals surface area (Å²) in [6.07, 6.45) is -0.103. The van der Waals surface area contributed by atoms with E-state index in [4.69, 9.17) is 9.47 Å². The molecule has 148 valence electrons. The van der Waals surface area contributed by atoms with Crippen LogP contribution in [-0.4, -0.2) is 51.5 Å². The molecule has 1 aromatic carbocycles. The van der Waals surface area contributed by atoms with Gasteiger partial charge in [-0.15, -0.1) is 0 Å². The Hall–Kier alpha value is -2.19. The summed E-state index contributed by atoms with van der Waals surface area (Å²) >= 11 is 0. The molecule has 1 aliphatic rings. The van der Waals surface area contributed by atoms with Gasteiger partial charge >= 0.3 is 11.9 Å². The van der Waals surface area contributed by atoms with Crippen LogP contribution in [0.4, 0.5) is 0 Å². The molecule has 0 N–H and O–H groups in total. The Labute approximate surface area is 160 Å². The standard InChI is InChI=1S/C19H25NO6S/c1-12(2)16-11-20(27(23,24)14-8-6-13(3)7-9-14)18(19(22)26-5)15(16)10-17(21)25-4/h6-9,15-16,18H,1,10-11H2,2-5H3/t15-,16+,18-/m0/s1. The Morgan fingerprint density at radius 3 is 2.26 bits per heavy atom. The molecule has 1 heterocycles. The van der Waals surface area contributed by atoms with Crippen molar-refractivity contribution in [2.75, 3.05) is 20.8 Å². The zero-order valence-corrected chi connectivity index (χ0v) is 16.8. The second-order valence-corrected chi connectivity index (χ2v) is 8.64. The van der Waals surface area contributed by atoms with Gasteiger partial charge in [0.15, 0.2) is 0 Å². The molecule has 0 unspecified atom stereocenters. The smallest absolute Gasteiger partial charge is 0.324 e. The van der Waals surface area contributed by atoms with Gasteiger partial charge in [-0.1, -0.05) is 29.8 Å². The first-order valence-electron chi connectivity index (χ1n) is 8.52. The molecule has 0 bridgehead atoms. The number of methoxy groups -OCH3 is 2. The van der Waals surface area contributed by atoms with E-state index in [1.807, 2.05) is 6.92 Å². The molecule has 2 rings (SSSR count). The Bertz CT molecular complexity index is 830. The number of carbonyl (C=O) groups is 2. The molecular weight excluding hydrogens is 370 g/mol. The normalized spacial score (nSPS) is 23.0. The highest BCUT2D eigenvalue weighted by atomic mass is 32.2. The van der Waals surface area contributed by atoms with Crippen molar-refractivity contribution in [2.24, 2.45) is 11.8 Å². The van der Waals surface area contributed by atoms with Crippen molar-refractivity contribution < 1.29 is 27.5 Å². The molecule has 1 aromatic rings. The van der Waals surface area contributed by atoms with Crippen LogP contribution in [0.1, 0.15) is 18.9 Å². The van der Waals surface area contributed by atoms with Crippen molar-refractivity contribution in [3.8, 4) is 0 Å². The molecule has 27 heavy (non-hydrogen) atoms. The maximum atomic E-state index is 13.2. The van der Waals surface area contributed by atoms with E-state index in [0.29, 0.717) is 5.57 Å². The maximum Gasteiger partial charge on any atom is 0.324 e. The molecule has 0 radical (unpaired) electrons. The molecule has 1 aliphatic heterocycles. The highest BCUT2D eigenvalue weighted by molar-refractivity contribution is 7.89. The van der Waals surface area contributed by atoms with Crippen LogP contribution >= 0.6 is 0 Å². The summed E-state index contributed by atoms with van der Waals surface area (Å²) < 4.78 is 37.2. The summed E-state index contributed by atoms with van der Waals surface area (Å²) in [6.45, 7) is 7.57. The highest BCUT2D eigenvalue weighted by Crippen LogP contribution is 2.40. The lowest BCUT2D eigenvalue weighted by Gasteiger charge is -2.25. The van der Waals surface area contributed by atoms with Gasteiger partial charge in [0.2, 0.25) is 10.0 Å². The van der Waals surface area contributed by atoms with Gasteiger partial charge in [0.05, 0.1) is 25.5 Å². The number of benzene rings is 1. The lowest BCUT2D eigenvalue weighted by Crippen LogP contribution is -2.44. The van der Waals surface area contributed by atoms with E-state index < -0.39 is 33.9 Å². The molecule has 0 spiro atoms. The van der Waals surface area contributed by atoms with Crippen molar-refractivity contribution >= 4 is 22.0 Å². The quantitative estimate of drug-likeness (QED) is 0.540. The van der Waals surface area contributed by atoms with Crippen molar-refractivity contribution in [3.63, 3.8) is 0 Å². The molecule has 1 saturated heterocycles. The Morgan fingerprint density at radius 2 is 1.78 bits per heavy atom. The predicted octanol–water partition coefficient (Wildman–Crippen LogP) is 1.91. The van der Waals surface area contributed by atoms with Crippen molar-refractivity contribution in [3.05, 3.63) is 42.0 Å². The number of aryl methyl sites for hydroxylation is 1. The molecule has 0 aromatic heterocycles. The number of rotatable bonds is 6. The number of carbonyl (C=O) groups excluding carboxylic acids is 2. The summed E-state index contributed by atoms with van der Waals surface area (Å²) in [7, 11) is -1.51. The third kappa shape index (κ3) is 4.22. The van der Waals surface area contributed by atoms with Crippen LogP contribution in [0.2, 0.25) is 0 Å². The summed E-state index contributed by atoms with van der Waals surface area (Å²) in [5.74, 6) is -2.20. The first-order chi connectivity index (χ1) is 12.6. The van der Waals surface area contributed by atoms with Crippen molar-refractivity contribution in [1.82, 2.24) is 4.31 Å². The lowest BCUT2D eigenvalue weighted by molar-refractivity contribution is -0.147. The zero-order valence-electron chi connectivity index (χ0n) is 16.0. The summed E-state index contributed by atoms with van der Waals surface area (Å²) in [5.41, 5.74) is 1.61. The number of sulfonamides is 1. The Kier molecular flexibility index (Phi) is 6.43. The Morgan fingerprint density at radius 1 is 1.19 bits per heavy atom. The van der Waals surface area contributed by atoms with Gasteiger partial charge in [0.25, 0.3) is 0 Å². The van der Waals surface area contributed by atoms with Gasteiger partial charge < -0.3 is 9.47 Å². The maximum absolute atomic E-state index is 13.2. The summed E-state index contributed by atoms with van der Waals surface area (Å²) in [5, 5.41) is 0. The largest absolute Gasteiger partial charge is 0.469 e. The minimum Gasteiger partial charge on any atom is -0.469 e. The molecule has 0 saturated carbocycles. The van der Waals surface area contributed by atoms with E-state index in [-0.39, 0.29) is 23.8 Å². The minimum absolute atomic E-state index is 0.0486. The van der Waals surface area contributed by atoms with Crippen LogP contribution in [0, 0.1) is 18.8 Å². The van der Waals surface area contributed by atoms with Crippen LogP contribution in [-0.2, 0) is 29.1 Å². The molecule has 0 amide bonds. The van der Waals surface area contributed by atoms with Crippen molar-refractivity contribution in [2.45, 2.75) is 31.2 Å². The topological polar surface area (TPSA) is 90.0 Å². The van der Waals surface area contributed by atoms with Gasteiger partial charge in [0.1, 0.15) is 6.04 Å². The Balaban J connectivity index is 2.52. The first-order valence-corrected chi connectivity index (χ1v) is 9.96. The molecule has 8 heteroatoms. The van der Waals surface area contributed by atoms with E-state index in [1.54, 1.807) is 19.1 Å². The van der Waals surface area contributed by atoms with Gasteiger partial charge in [-0.3, -0.25) is 9.59 Å². The number of ether oxygens (including phenoxy) is 2. The average molecular weight is 395 g/mol. The van der Waals surface area contributed by atoms with Crippen LogP contribution < -0.4 is 0 Å². The SMILES string of the molecule is C=C(C)[C@H]1CN(S(=O)(=O)c2ccc(C)cc2)[C@H](C(=O)OC)[C@H]1CC(=O)OC. The number of nitrogens with zero attached hydrogens (tertiary/aromatic N) is 1. The molecule has 1 fully saturated rings. The fourth-order valence-electron chi connectivity index (χ4n) is 3.43. The van der Waals surface area contributed by atoms with Crippen LogP contribution in [0.5, 0.6) is 0 Å². The molecule has 3 atom stereocenters. The van der Waals surface area contributed by atoms with E-state index in [1.165, 1.54) is 26.4 Å². The number of hydrogen-bond donors (Lipinski definition) is 0. The van der Waals surface area contributed by atoms with Gasteiger partial charge in [-0.05, 0) is 31.9 Å². The van der Waals surface area contributed by atoms with E-state index in [2.05, 4.69) is 6.58 Å². The second kappa shape index (κ2) is 8.22. The highest BCUT2D eigenvalue weighted by Gasteiger charge is 2.52. The third-order valence-corrected chi connectivity index (χ3v) is 6.80. The van der Waals surface area contributed by atoms with E-state index in [0.717, 1.165) is 9.87 Å². The lowest BCUT2D eigenvalue weighted by atomic mass is 9.84. The minimum atomic E-state index is -3.96. The number of hydrogen-bond acceptors (Lipinski definition) is 6. The molecule has 0 aliphatic carbocycles. The number of esters is 2. The summed E-state index contributed by atoms with van der Waals surface area (Å²) in [4.78, 5) is 24.5.